The number of hydrogen-bond acceptors (Lipinski definition) is 4. The predicted molar refractivity (Wildman–Crippen MR) is 166 cm³/mol. The van der Waals surface area contributed by atoms with E-state index < -0.39 is 16.1 Å². The number of benzene rings is 3. The molecule has 0 aliphatic rings. The number of aryl methyl sites for hydroxylation is 1. The number of rotatable bonds is 15. The van der Waals surface area contributed by atoms with Crippen molar-refractivity contribution < 1.29 is 18.0 Å². The molecule has 220 valence electrons. The summed E-state index contributed by atoms with van der Waals surface area (Å²) in [5, 5.41) is 3.52. The van der Waals surface area contributed by atoms with Crippen LogP contribution in [0, 0.1) is 6.92 Å². The van der Waals surface area contributed by atoms with Crippen LogP contribution in [-0.2, 0) is 32.6 Å². The van der Waals surface area contributed by atoms with Gasteiger partial charge in [-0.25, -0.2) is 8.42 Å². The van der Waals surface area contributed by atoms with Crippen molar-refractivity contribution in [3.05, 3.63) is 101 Å². The molecular formula is C32H40ClN3O4S. The molecule has 0 saturated carbocycles. The van der Waals surface area contributed by atoms with E-state index in [4.69, 9.17) is 11.6 Å². The molecule has 1 unspecified atom stereocenters. The molecule has 1 N–H and O–H groups in total. The Morgan fingerprint density at radius 2 is 1.59 bits per heavy atom. The van der Waals surface area contributed by atoms with Gasteiger partial charge in [-0.1, -0.05) is 91.2 Å². The Kier molecular flexibility index (Phi) is 12.2. The van der Waals surface area contributed by atoms with Crippen LogP contribution in [0.3, 0.4) is 0 Å². The zero-order valence-corrected chi connectivity index (χ0v) is 25.6. The third-order valence-electron chi connectivity index (χ3n) is 6.87. The van der Waals surface area contributed by atoms with Crippen molar-refractivity contribution in [1.29, 1.82) is 0 Å². The molecule has 0 radical (unpaired) electrons. The van der Waals surface area contributed by atoms with Gasteiger partial charge in [-0.2, -0.15) is 0 Å². The van der Waals surface area contributed by atoms with Gasteiger partial charge in [0.1, 0.15) is 6.04 Å². The molecule has 3 rings (SSSR count). The van der Waals surface area contributed by atoms with Gasteiger partial charge in [0.2, 0.25) is 21.8 Å². The summed E-state index contributed by atoms with van der Waals surface area (Å²) in [5.41, 5.74) is 3.24. The molecule has 0 aromatic heterocycles. The van der Waals surface area contributed by atoms with Gasteiger partial charge in [0.15, 0.2) is 0 Å². The highest BCUT2D eigenvalue weighted by molar-refractivity contribution is 7.92. The molecule has 0 heterocycles. The molecule has 9 heteroatoms. The highest BCUT2D eigenvalue weighted by Gasteiger charge is 2.30. The Bertz CT molecular complexity index is 1380. The SMILES string of the molecule is CCCCNC(=O)C(Cc1ccccc1)N(Cc1ccccc1Cl)C(=O)CCCN(c1ccc(C)cc1)S(C)(=O)=O. The van der Waals surface area contributed by atoms with E-state index in [9.17, 15) is 18.0 Å². The minimum Gasteiger partial charge on any atom is -0.354 e. The molecule has 0 aliphatic heterocycles. The van der Waals surface area contributed by atoms with E-state index in [2.05, 4.69) is 12.2 Å². The first-order valence-corrected chi connectivity index (χ1v) is 16.2. The molecule has 0 bridgehead atoms. The quantitative estimate of drug-likeness (QED) is 0.226. The van der Waals surface area contributed by atoms with Crippen LogP contribution >= 0.6 is 11.6 Å². The molecule has 1 atom stereocenters. The number of anilines is 1. The standard InChI is InChI=1S/C32H40ClN3O4S/c1-4-5-21-34-32(38)30(23-26-12-7-6-8-13-26)35(24-27-14-9-10-15-29(27)33)31(37)16-11-22-36(41(3,39)40)28-19-17-25(2)18-20-28/h6-10,12-15,17-20,30H,4-5,11,16,21-24H2,1-3H3,(H,34,38). The fourth-order valence-corrected chi connectivity index (χ4v) is 5.75. The lowest BCUT2D eigenvalue weighted by Crippen LogP contribution is -2.50. The number of amides is 2. The largest absolute Gasteiger partial charge is 0.354 e. The van der Waals surface area contributed by atoms with Gasteiger partial charge in [-0.3, -0.25) is 13.9 Å². The second kappa shape index (κ2) is 15.6. The van der Waals surface area contributed by atoms with E-state index in [1.807, 2.05) is 67.6 Å². The lowest BCUT2D eigenvalue weighted by atomic mass is 10.0. The number of carbonyl (C=O) groups excluding carboxylic acids is 2. The second-order valence-electron chi connectivity index (χ2n) is 10.2. The molecule has 3 aromatic rings. The highest BCUT2D eigenvalue weighted by atomic mass is 35.5. The Morgan fingerprint density at radius 3 is 2.22 bits per heavy atom. The van der Waals surface area contributed by atoms with Crippen LogP contribution in [0.5, 0.6) is 0 Å². The lowest BCUT2D eigenvalue weighted by molar-refractivity contribution is -0.141. The summed E-state index contributed by atoms with van der Waals surface area (Å²) in [4.78, 5) is 29.0. The minimum absolute atomic E-state index is 0.0653. The maximum atomic E-state index is 13.9. The zero-order valence-electron chi connectivity index (χ0n) is 24.1. The summed E-state index contributed by atoms with van der Waals surface area (Å²) in [6.45, 7) is 4.81. The van der Waals surface area contributed by atoms with Gasteiger partial charge in [0.25, 0.3) is 0 Å². The molecule has 0 saturated heterocycles. The first-order valence-electron chi connectivity index (χ1n) is 14.0. The number of nitrogens with one attached hydrogen (secondary N) is 1. The summed E-state index contributed by atoms with van der Waals surface area (Å²) in [5.74, 6) is -0.464. The molecule has 41 heavy (non-hydrogen) atoms. The van der Waals surface area contributed by atoms with Crippen LogP contribution in [0.25, 0.3) is 0 Å². The van der Waals surface area contributed by atoms with Crippen molar-refractivity contribution in [3.63, 3.8) is 0 Å². The maximum absolute atomic E-state index is 13.9. The fourth-order valence-electron chi connectivity index (χ4n) is 4.59. The van der Waals surface area contributed by atoms with E-state index in [-0.39, 0.29) is 37.7 Å². The van der Waals surface area contributed by atoms with E-state index >= 15 is 0 Å². The average Bonchev–Trinajstić information content (AvgIpc) is 2.94. The Morgan fingerprint density at radius 1 is 0.927 bits per heavy atom. The van der Waals surface area contributed by atoms with Crippen LogP contribution in [0.2, 0.25) is 5.02 Å². The maximum Gasteiger partial charge on any atom is 0.243 e. The molecule has 3 aromatic carbocycles. The normalized spacial score (nSPS) is 12.0. The number of nitrogens with zero attached hydrogens (tertiary/aromatic N) is 2. The molecule has 0 fully saturated rings. The number of carbonyl (C=O) groups is 2. The Hall–Kier alpha value is -3.36. The first kappa shape index (κ1) is 32.2. The molecule has 2 amide bonds. The predicted octanol–water partition coefficient (Wildman–Crippen LogP) is 5.75. The molecule has 7 nitrogen and oxygen atoms in total. The van der Waals surface area contributed by atoms with E-state index in [0.717, 1.165) is 35.8 Å². The van der Waals surface area contributed by atoms with Crippen molar-refractivity contribution in [1.82, 2.24) is 10.2 Å². The van der Waals surface area contributed by atoms with E-state index in [1.165, 1.54) is 4.31 Å². The highest BCUT2D eigenvalue weighted by Crippen LogP contribution is 2.23. The number of unbranched alkanes of at least 4 members (excludes halogenated alkanes) is 1. The van der Waals surface area contributed by atoms with Crippen molar-refractivity contribution in [2.75, 3.05) is 23.7 Å². The van der Waals surface area contributed by atoms with Gasteiger partial charge < -0.3 is 10.2 Å². The van der Waals surface area contributed by atoms with Crippen molar-refractivity contribution in [3.8, 4) is 0 Å². The third-order valence-corrected chi connectivity index (χ3v) is 8.44. The summed E-state index contributed by atoms with van der Waals surface area (Å²) < 4.78 is 26.5. The van der Waals surface area contributed by atoms with Crippen LogP contribution in [0.15, 0.2) is 78.9 Å². The fraction of sp³-hybridized carbons (Fsp3) is 0.375. The summed E-state index contributed by atoms with van der Waals surface area (Å²) in [6, 6.07) is 23.4. The summed E-state index contributed by atoms with van der Waals surface area (Å²) in [7, 11) is -3.56. The number of hydrogen-bond donors (Lipinski definition) is 1. The molecule has 0 aliphatic carbocycles. The Labute approximate surface area is 249 Å². The topological polar surface area (TPSA) is 86.8 Å². The van der Waals surface area contributed by atoms with Crippen molar-refractivity contribution >= 4 is 39.1 Å². The number of sulfonamides is 1. The van der Waals surface area contributed by atoms with Gasteiger partial charge in [-0.15, -0.1) is 0 Å². The summed E-state index contributed by atoms with van der Waals surface area (Å²) >= 11 is 6.48. The average molecular weight is 598 g/mol. The van der Waals surface area contributed by atoms with Gasteiger partial charge in [0.05, 0.1) is 11.9 Å². The van der Waals surface area contributed by atoms with Crippen LogP contribution < -0.4 is 9.62 Å². The first-order chi connectivity index (χ1) is 19.6. The zero-order chi connectivity index (χ0) is 29.8. The smallest absolute Gasteiger partial charge is 0.243 e. The summed E-state index contributed by atoms with van der Waals surface area (Å²) in [6.07, 6.45) is 3.62. The van der Waals surface area contributed by atoms with Crippen molar-refractivity contribution in [2.24, 2.45) is 0 Å². The second-order valence-corrected chi connectivity index (χ2v) is 12.6. The van der Waals surface area contributed by atoms with Crippen molar-refractivity contribution in [2.45, 2.75) is 58.5 Å². The van der Waals surface area contributed by atoms with E-state index in [0.29, 0.717) is 23.7 Å². The van der Waals surface area contributed by atoms with Gasteiger partial charge in [0, 0.05) is 37.5 Å². The third kappa shape index (κ3) is 9.90. The minimum atomic E-state index is -3.56. The lowest BCUT2D eigenvalue weighted by Gasteiger charge is -2.32. The molecule has 0 spiro atoms. The van der Waals surface area contributed by atoms with E-state index in [1.54, 1.807) is 23.1 Å². The molecular weight excluding hydrogens is 558 g/mol. The van der Waals surface area contributed by atoms with Crippen LogP contribution in [0.4, 0.5) is 5.69 Å². The van der Waals surface area contributed by atoms with Gasteiger partial charge >= 0.3 is 0 Å². The number of halogens is 1. The van der Waals surface area contributed by atoms with Gasteiger partial charge in [-0.05, 0) is 49.1 Å². The monoisotopic (exact) mass is 597 g/mol. The Balaban J connectivity index is 1.87. The van der Waals surface area contributed by atoms with Crippen LogP contribution in [0.1, 0.15) is 49.3 Å². The van der Waals surface area contributed by atoms with Crippen LogP contribution in [-0.4, -0.2) is 50.5 Å².